The van der Waals surface area contributed by atoms with Crippen molar-refractivity contribution in [3.8, 4) is 22.3 Å². The molecule has 0 aliphatic rings. The largest absolute Gasteiger partial charge is 0.392 e. The summed E-state index contributed by atoms with van der Waals surface area (Å²) in [5.74, 6) is 0.903. The number of aromatic amines is 1. The molecule has 2 aromatic carbocycles. The van der Waals surface area contributed by atoms with Gasteiger partial charge in [0.1, 0.15) is 5.82 Å². The van der Waals surface area contributed by atoms with E-state index in [1.54, 1.807) is 6.20 Å². The number of rotatable bonds is 3. The van der Waals surface area contributed by atoms with Crippen LogP contribution in [0.3, 0.4) is 0 Å². The van der Waals surface area contributed by atoms with Crippen molar-refractivity contribution < 1.29 is 5.11 Å². The number of nitrogen functional groups attached to an aromatic ring is 2. The second kappa shape index (κ2) is 5.92. The molecular formula is C19H17N5O. The first-order valence-corrected chi connectivity index (χ1v) is 7.85. The Labute approximate surface area is 144 Å². The molecule has 0 saturated heterocycles. The van der Waals surface area contributed by atoms with Crippen LogP contribution in [0, 0.1) is 0 Å². The predicted octanol–water partition coefficient (Wildman–Crippen LogP) is 2.95. The van der Waals surface area contributed by atoms with Crippen LogP contribution in [0.4, 0.5) is 11.6 Å². The summed E-state index contributed by atoms with van der Waals surface area (Å²) in [6.07, 6.45) is 1.68. The number of hydrogen-bond acceptors (Lipinski definition) is 5. The van der Waals surface area contributed by atoms with Crippen LogP contribution in [-0.4, -0.2) is 20.3 Å². The van der Waals surface area contributed by atoms with Gasteiger partial charge in [-0.3, -0.25) is 5.10 Å². The molecular weight excluding hydrogens is 314 g/mol. The first-order chi connectivity index (χ1) is 12.2. The summed E-state index contributed by atoms with van der Waals surface area (Å²) in [4.78, 5) is 4.05. The average molecular weight is 331 g/mol. The predicted molar refractivity (Wildman–Crippen MR) is 99.5 cm³/mol. The van der Waals surface area contributed by atoms with E-state index in [-0.39, 0.29) is 6.61 Å². The summed E-state index contributed by atoms with van der Waals surface area (Å²) in [5.41, 5.74) is 17.4. The standard InChI is InChI=1S/C19H17N5O/c20-17-9-12(4-5-22-17)14-7-15(13-3-1-2-11(6-13)10-25)18-16(8-14)19(21)24-23-18/h1-9,25H,10H2,(H2,20,22)(H3,21,23,24). The molecule has 0 bridgehead atoms. The number of H-pyrrole nitrogens is 1. The zero-order valence-electron chi connectivity index (χ0n) is 13.4. The fourth-order valence-electron chi connectivity index (χ4n) is 3.00. The molecule has 4 rings (SSSR count). The van der Waals surface area contributed by atoms with E-state index in [0.29, 0.717) is 11.6 Å². The molecule has 0 aliphatic carbocycles. The number of fused-ring (bicyclic) bond motifs is 1. The number of nitrogens with one attached hydrogen (secondary N) is 1. The molecule has 2 aromatic heterocycles. The molecule has 6 nitrogen and oxygen atoms in total. The number of aliphatic hydroxyl groups excluding tert-OH is 1. The average Bonchev–Trinajstić information content (AvgIpc) is 3.02. The Morgan fingerprint density at radius 2 is 1.84 bits per heavy atom. The Kier molecular flexibility index (Phi) is 3.59. The molecule has 0 unspecified atom stereocenters. The van der Waals surface area contributed by atoms with E-state index in [4.69, 9.17) is 11.5 Å². The number of pyridine rings is 1. The Balaban J connectivity index is 1.99. The van der Waals surface area contributed by atoms with Crippen molar-refractivity contribution in [1.82, 2.24) is 15.2 Å². The van der Waals surface area contributed by atoms with Gasteiger partial charge in [-0.25, -0.2) is 4.98 Å². The summed E-state index contributed by atoms with van der Waals surface area (Å²) in [7, 11) is 0. The van der Waals surface area contributed by atoms with Gasteiger partial charge in [-0.05, 0) is 52.6 Å². The van der Waals surface area contributed by atoms with E-state index in [1.165, 1.54) is 0 Å². The van der Waals surface area contributed by atoms with Crippen molar-refractivity contribution in [3.05, 3.63) is 60.3 Å². The quantitative estimate of drug-likeness (QED) is 0.461. The van der Waals surface area contributed by atoms with Crippen molar-refractivity contribution in [2.75, 3.05) is 11.5 Å². The maximum absolute atomic E-state index is 9.43. The second-order valence-electron chi connectivity index (χ2n) is 5.88. The van der Waals surface area contributed by atoms with E-state index in [9.17, 15) is 5.11 Å². The number of anilines is 2. The van der Waals surface area contributed by atoms with Gasteiger partial charge < -0.3 is 16.6 Å². The minimum Gasteiger partial charge on any atom is -0.392 e. The van der Waals surface area contributed by atoms with Gasteiger partial charge in [0.15, 0.2) is 5.82 Å². The first kappa shape index (κ1) is 15.2. The molecule has 0 spiro atoms. The van der Waals surface area contributed by atoms with Crippen LogP contribution < -0.4 is 11.5 Å². The van der Waals surface area contributed by atoms with Crippen LogP contribution in [0.15, 0.2) is 54.7 Å². The minimum absolute atomic E-state index is 0.0112. The topological polar surface area (TPSA) is 114 Å². The Bertz CT molecular complexity index is 1070. The van der Waals surface area contributed by atoms with E-state index in [2.05, 4.69) is 21.2 Å². The molecule has 0 aliphatic heterocycles. The number of hydrogen-bond donors (Lipinski definition) is 4. The van der Waals surface area contributed by atoms with Gasteiger partial charge in [0.05, 0.1) is 12.1 Å². The lowest BCUT2D eigenvalue weighted by Gasteiger charge is -2.10. The summed E-state index contributed by atoms with van der Waals surface area (Å²) in [6, 6.07) is 15.5. The molecule has 0 fully saturated rings. The highest BCUT2D eigenvalue weighted by atomic mass is 16.3. The highest BCUT2D eigenvalue weighted by Crippen LogP contribution is 2.35. The van der Waals surface area contributed by atoms with Crippen LogP contribution in [0.2, 0.25) is 0 Å². The Morgan fingerprint density at radius 3 is 2.64 bits per heavy atom. The lowest BCUT2D eigenvalue weighted by molar-refractivity contribution is 0.282. The van der Waals surface area contributed by atoms with E-state index in [1.807, 2.05) is 42.5 Å². The van der Waals surface area contributed by atoms with E-state index < -0.39 is 0 Å². The molecule has 0 saturated carbocycles. The van der Waals surface area contributed by atoms with Gasteiger partial charge in [0.2, 0.25) is 0 Å². The molecule has 0 radical (unpaired) electrons. The van der Waals surface area contributed by atoms with Gasteiger partial charge in [0.25, 0.3) is 0 Å². The highest BCUT2D eigenvalue weighted by Gasteiger charge is 2.13. The number of aliphatic hydroxyl groups is 1. The smallest absolute Gasteiger partial charge is 0.153 e. The number of nitrogens with two attached hydrogens (primary N) is 2. The third kappa shape index (κ3) is 2.68. The fourth-order valence-corrected chi connectivity index (χ4v) is 3.00. The SMILES string of the molecule is Nc1cc(-c2cc(-c3cccc(CO)c3)c3[nH]nc(N)c3c2)ccn1. The van der Waals surface area contributed by atoms with Crippen LogP contribution in [-0.2, 0) is 6.61 Å². The maximum atomic E-state index is 9.43. The van der Waals surface area contributed by atoms with Crippen molar-refractivity contribution >= 4 is 22.5 Å². The van der Waals surface area contributed by atoms with Crippen molar-refractivity contribution in [2.45, 2.75) is 6.61 Å². The summed E-state index contributed by atoms with van der Waals surface area (Å²) < 4.78 is 0. The highest BCUT2D eigenvalue weighted by molar-refractivity contribution is 6.02. The van der Waals surface area contributed by atoms with Gasteiger partial charge >= 0.3 is 0 Å². The molecule has 4 aromatic rings. The molecule has 6 heteroatoms. The van der Waals surface area contributed by atoms with Crippen molar-refractivity contribution in [1.29, 1.82) is 0 Å². The van der Waals surface area contributed by atoms with Crippen molar-refractivity contribution in [2.24, 2.45) is 0 Å². The molecule has 25 heavy (non-hydrogen) atoms. The molecule has 0 atom stereocenters. The number of aromatic nitrogens is 3. The zero-order valence-corrected chi connectivity index (χ0v) is 13.4. The van der Waals surface area contributed by atoms with Crippen molar-refractivity contribution in [3.63, 3.8) is 0 Å². The lowest BCUT2D eigenvalue weighted by Crippen LogP contribution is -1.91. The summed E-state index contributed by atoms with van der Waals surface area (Å²) >= 11 is 0. The Hall–Kier alpha value is -3.38. The van der Waals surface area contributed by atoms with Crippen LogP contribution in [0.25, 0.3) is 33.2 Å². The van der Waals surface area contributed by atoms with Crippen LogP contribution in [0.1, 0.15) is 5.56 Å². The summed E-state index contributed by atoms with van der Waals surface area (Å²) in [6.45, 7) is -0.0112. The minimum atomic E-state index is -0.0112. The van der Waals surface area contributed by atoms with E-state index in [0.717, 1.165) is 38.7 Å². The van der Waals surface area contributed by atoms with Crippen LogP contribution >= 0.6 is 0 Å². The molecule has 124 valence electrons. The number of nitrogens with zero attached hydrogens (tertiary/aromatic N) is 2. The van der Waals surface area contributed by atoms with E-state index >= 15 is 0 Å². The molecule has 2 heterocycles. The third-order valence-electron chi connectivity index (χ3n) is 4.24. The lowest BCUT2D eigenvalue weighted by atomic mass is 9.95. The first-order valence-electron chi connectivity index (χ1n) is 7.85. The van der Waals surface area contributed by atoms with Gasteiger partial charge in [-0.15, -0.1) is 0 Å². The van der Waals surface area contributed by atoms with Gasteiger partial charge in [-0.2, -0.15) is 5.10 Å². The fraction of sp³-hybridized carbons (Fsp3) is 0.0526. The molecule has 0 amide bonds. The third-order valence-corrected chi connectivity index (χ3v) is 4.24. The summed E-state index contributed by atoms with van der Waals surface area (Å²) in [5, 5.41) is 17.4. The molecule has 6 N–H and O–H groups in total. The zero-order chi connectivity index (χ0) is 17.4. The number of benzene rings is 2. The van der Waals surface area contributed by atoms with Gasteiger partial charge in [-0.1, -0.05) is 18.2 Å². The second-order valence-corrected chi connectivity index (χ2v) is 5.88. The maximum Gasteiger partial charge on any atom is 0.153 e. The normalized spacial score (nSPS) is 11.1. The monoisotopic (exact) mass is 331 g/mol. The Morgan fingerprint density at radius 1 is 0.960 bits per heavy atom. The van der Waals surface area contributed by atoms with Crippen LogP contribution in [0.5, 0.6) is 0 Å². The van der Waals surface area contributed by atoms with Gasteiger partial charge in [0, 0.05) is 17.1 Å².